The zero-order chi connectivity index (χ0) is 23.3. The summed E-state index contributed by atoms with van der Waals surface area (Å²) in [7, 11) is 0. The van der Waals surface area contributed by atoms with Gasteiger partial charge in [0.05, 0.1) is 12.3 Å². The van der Waals surface area contributed by atoms with Crippen LogP contribution in [0.4, 0.5) is 19.7 Å². The van der Waals surface area contributed by atoms with Gasteiger partial charge in [-0.2, -0.15) is 9.36 Å². The van der Waals surface area contributed by atoms with E-state index in [4.69, 9.17) is 9.72 Å². The second kappa shape index (κ2) is 8.62. The van der Waals surface area contributed by atoms with E-state index in [9.17, 15) is 8.78 Å². The number of fused-ring (bicyclic) bond motifs is 3. The van der Waals surface area contributed by atoms with E-state index in [1.807, 2.05) is 25.3 Å². The molecule has 3 fully saturated rings. The molecule has 1 N–H and O–H groups in total. The lowest BCUT2D eigenvalue weighted by atomic mass is 9.87. The summed E-state index contributed by atoms with van der Waals surface area (Å²) in [4.78, 5) is 7.23. The van der Waals surface area contributed by atoms with E-state index in [-0.39, 0.29) is 18.8 Å². The number of rotatable bonds is 6. The van der Waals surface area contributed by atoms with Gasteiger partial charge in [0.25, 0.3) is 0 Å². The van der Waals surface area contributed by atoms with Crippen LogP contribution in [-0.2, 0) is 0 Å². The van der Waals surface area contributed by atoms with Gasteiger partial charge in [0.15, 0.2) is 11.4 Å². The fourth-order valence-corrected chi connectivity index (χ4v) is 6.59. The molecule has 2 bridgehead atoms. The molecule has 2 atom stereocenters. The van der Waals surface area contributed by atoms with Crippen molar-refractivity contribution in [2.75, 3.05) is 29.9 Å². The fraction of sp³-hybridized carbons (Fsp3) is 0.625. The first kappa shape index (κ1) is 22.0. The van der Waals surface area contributed by atoms with Gasteiger partial charge < -0.3 is 15.0 Å². The molecule has 3 aliphatic rings. The Morgan fingerprint density at radius 1 is 1.18 bits per heavy atom. The van der Waals surface area contributed by atoms with Crippen LogP contribution in [0.3, 0.4) is 0 Å². The number of anilines is 2. The molecular weight excluding hydrogens is 458 g/mol. The number of alkyl halides is 2. The lowest BCUT2D eigenvalue weighted by Gasteiger charge is -2.38. The third kappa shape index (κ3) is 4.32. The highest BCUT2D eigenvalue weighted by molar-refractivity contribution is 7.10. The molecule has 0 amide bonds. The Bertz CT molecular complexity index is 1140. The molecule has 10 heteroatoms. The number of ether oxygens (including phenoxy) is 1. The first-order valence-corrected chi connectivity index (χ1v) is 13.0. The van der Waals surface area contributed by atoms with Crippen molar-refractivity contribution in [2.24, 2.45) is 17.8 Å². The molecular formula is C24H30F2N6OS. The maximum atomic E-state index is 13.4. The largest absolute Gasteiger partial charge is 0.489 e. The number of nitrogens with one attached hydrogen (secondary N) is 1. The highest BCUT2D eigenvalue weighted by atomic mass is 32.1. The van der Waals surface area contributed by atoms with Gasteiger partial charge in [-0.15, -0.1) is 5.10 Å². The highest BCUT2D eigenvalue weighted by Crippen LogP contribution is 2.41. The molecule has 2 unspecified atom stereocenters. The van der Waals surface area contributed by atoms with E-state index in [2.05, 4.69) is 25.8 Å². The highest BCUT2D eigenvalue weighted by Gasteiger charge is 2.43. The van der Waals surface area contributed by atoms with Gasteiger partial charge in [-0.05, 0) is 80.1 Å². The van der Waals surface area contributed by atoms with Crippen LogP contribution in [0.15, 0.2) is 24.4 Å². The summed E-state index contributed by atoms with van der Waals surface area (Å²) >= 11 is 1.59. The summed E-state index contributed by atoms with van der Waals surface area (Å²) in [6, 6.07) is 6.30. The minimum Gasteiger partial charge on any atom is -0.489 e. The van der Waals surface area contributed by atoms with Crippen LogP contribution in [0.5, 0.6) is 5.75 Å². The summed E-state index contributed by atoms with van der Waals surface area (Å²) in [5.41, 5.74) is 1.75. The van der Waals surface area contributed by atoms with Crippen molar-refractivity contribution >= 4 is 28.1 Å². The second-order valence-corrected chi connectivity index (χ2v) is 10.9. The van der Waals surface area contributed by atoms with Crippen LogP contribution >= 0.6 is 11.5 Å². The second-order valence-electron chi connectivity index (χ2n) is 10.2. The van der Waals surface area contributed by atoms with Gasteiger partial charge >= 0.3 is 0 Å². The van der Waals surface area contributed by atoms with Crippen molar-refractivity contribution in [3.63, 3.8) is 0 Å². The molecule has 1 saturated heterocycles. The number of nitrogens with zero attached hydrogens (tertiary/aromatic N) is 5. The van der Waals surface area contributed by atoms with Gasteiger partial charge in [0, 0.05) is 38.2 Å². The van der Waals surface area contributed by atoms with E-state index >= 15 is 0 Å². The Morgan fingerprint density at radius 2 is 1.94 bits per heavy atom. The molecule has 0 radical (unpaired) electrons. The lowest BCUT2D eigenvalue weighted by molar-refractivity contribution is -0.0498. The van der Waals surface area contributed by atoms with Crippen molar-refractivity contribution in [1.82, 2.24) is 19.0 Å². The van der Waals surface area contributed by atoms with Crippen LogP contribution in [-0.4, -0.2) is 50.6 Å². The summed E-state index contributed by atoms with van der Waals surface area (Å²) in [6.45, 7) is 4.53. The molecule has 7 nitrogen and oxygen atoms in total. The molecule has 182 valence electrons. The lowest BCUT2D eigenvalue weighted by Crippen LogP contribution is -2.48. The molecule has 2 saturated carbocycles. The third-order valence-corrected chi connectivity index (χ3v) is 8.64. The van der Waals surface area contributed by atoms with E-state index in [1.54, 1.807) is 16.0 Å². The van der Waals surface area contributed by atoms with Crippen LogP contribution in [0.1, 0.15) is 44.2 Å². The SMILES string of the molecule is Cc1cc(N2CC3CCC(C2)C3Nc2nc3c(OCC4CCC(F)(F)CC4)cccn3n2)sn1. The van der Waals surface area contributed by atoms with E-state index in [1.165, 1.54) is 17.8 Å². The Morgan fingerprint density at radius 3 is 2.65 bits per heavy atom. The Kier molecular flexibility index (Phi) is 5.58. The summed E-state index contributed by atoms with van der Waals surface area (Å²) < 4.78 is 39.1. The van der Waals surface area contributed by atoms with Gasteiger partial charge in [-0.25, -0.2) is 13.3 Å². The molecule has 3 aromatic heterocycles. The number of aryl methyl sites for hydroxylation is 1. The third-order valence-electron chi connectivity index (χ3n) is 7.69. The topological polar surface area (TPSA) is 67.6 Å². The van der Waals surface area contributed by atoms with Gasteiger partial charge in [0.1, 0.15) is 5.00 Å². The van der Waals surface area contributed by atoms with Gasteiger partial charge in [0.2, 0.25) is 11.9 Å². The minimum atomic E-state index is -2.51. The van der Waals surface area contributed by atoms with Crippen molar-refractivity contribution in [3.05, 3.63) is 30.1 Å². The quantitative estimate of drug-likeness (QED) is 0.525. The van der Waals surface area contributed by atoms with Crippen molar-refractivity contribution in [3.8, 4) is 5.75 Å². The van der Waals surface area contributed by atoms with Crippen molar-refractivity contribution in [1.29, 1.82) is 0 Å². The first-order chi connectivity index (χ1) is 16.4. The molecule has 3 aromatic rings. The molecule has 1 aliphatic heterocycles. The fourth-order valence-electron chi connectivity index (χ4n) is 5.82. The van der Waals surface area contributed by atoms with Crippen molar-refractivity contribution in [2.45, 2.75) is 57.4 Å². The normalized spacial score (nSPS) is 26.8. The molecule has 34 heavy (non-hydrogen) atoms. The predicted molar refractivity (Wildman–Crippen MR) is 128 cm³/mol. The summed E-state index contributed by atoms with van der Waals surface area (Å²) in [5, 5.41) is 9.55. The van der Waals surface area contributed by atoms with Crippen LogP contribution in [0.2, 0.25) is 0 Å². The number of pyridine rings is 1. The van der Waals surface area contributed by atoms with E-state index in [0.29, 0.717) is 54.7 Å². The Hall–Kier alpha value is -2.49. The predicted octanol–water partition coefficient (Wildman–Crippen LogP) is 5.03. The number of halogens is 2. The van der Waals surface area contributed by atoms with Gasteiger partial charge in [-0.3, -0.25) is 0 Å². The monoisotopic (exact) mass is 488 g/mol. The number of hydrogen-bond acceptors (Lipinski definition) is 7. The zero-order valence-electron chi connectivity index (χ0n) is 19.3. The average Bonchev–Trinajstić information content (AvgIpc) is 3.49. The maximum Gasteiger partial charge on any atom is 0.248 e. The summed E-state index contributed by atoms with van der Waals surface area (Å²) in [6.07, 6.45) is 5.18. The average molecular weight is 489 g/mol. The van der Waals surface area contributed by atoms with Gasteiger partial charge in [-0.1, -0.05) is 0 Å². The molecule has 4 heterocycles. The number of hydrogen-bond donors (Lipinski definition) is 1. The minimum absolute atomic E-state index is 0.0476. The van der Waals surface area contributed by atoms with Crippen LogP contribution in [0, 0.1) is 24.7 Å². The number of piperidine rings is 1. The Labute approximate surface area is 201 Å². The smallest absolute Gasteiger partial charge is 0.248 e. The van der Waals surface area contributed by atoms with E-state index < -0.39 is 5.92 Å². The van der Waals surface area contributed by atoms with E-state index in [0.717, 1.165) is 18.8 Å². The standard InChI is InChI=1S/C24H30F2N6OS/c1-15-11-20(34-30-15)31-12-17-4-5-18(13-31)21(17)27-23-28-22-19(3-2-10-32(22)29-23)33-14-16-6-8-24(25,26)9-7-16/h2-3,10-11,16-18,21H,4-9,12-14H2,1H3,(H,27,29). The van der Waals surface area contributed by atoms with Crippen LogP contribution in [0.25, 0.3) is 5.65 Å². The first-order valence-electron chi connectivity index (χ1n) is 12.2. The number of aromatic nitrogens is 4. The molecule has 0 aromatic carbocycles. The molecule has 2 aliphatic carbocycles. The van der Waals surface area contributed by atoms with Crippen molar-refractivity contribution < 1.29 is 13.5 Å². The Balaban J connectivity index is 1.12. The van der Waals surface area contributed by atoms with Crippen LogP contribution < -0.4 is 15.0 Å². The summed E-state index contributed by atoms with van der Waals surface area (Å²) in [5.74, 6) is 0.0136. The molecule has 6 rings (SSSR count). The zero-order valence-corrected chi connectivity index (χ0v) is 20.1. The molecule has 0 spiro atoms. The maximum absolute atomic E-state index is 13.4.